The first-order chi connectivity index (χ1) is 10.4. The molecule has 1 saturated heterocycles. The van der Waals surface area contributed by atoms with Gasteiger partial charge in [-0.1, -0.05) is 12.1 Å². The van der Waals surface area contributed by atoms with Gasteiger partial charge >= 0.3 is 0 Å². The van der Waals surface area contributed by atoms with Gasteiger partial charge in [0.05, 0.1) is 17.6 Å². The predicted octanol–water partition coefficient (Wildman–Crippen LogP) is 1.39. The summed E-state index contributed by atoms with van der Waals surface area (Å²) in [4.78, 5) is 12.5. The number of rotatable bonds is 4. The van der Waals surface area contributed by atoms with Gasteiger partial charge in [0.25, 0.3) is 0 Å². The summed E-state index contributed by atoms with van der Waals surface area (Å²) in [5.74, 6) is 0.0329. The maximum atomic E-state index is 12.5. The van der Waals surface area contributed by atoms with Crippen LogP contribution in [0.3, 0.4) is 0 Å². The minimum absolute atomic E-state index is 0.00958. The van der Waals surface area contributed by atoms with Gasteiger partial charge in [0, 0.05) is 5.92 Å². The maximum Gasteiger partial charge on any atom is 0.229 e. The van der Waals surface area contributed by atoms with Crippen molar-refractivity contribution in [2.75, 3.05) is 29.4 Å². The lowest BCUT2D eigenvalue weighted by molar-refractivity contribution is -0.118. The highest BCUT2D eigenvalue weighted by atomic mass is 32.2. The van der Waals surface area contributed by atoms with Gasteiger partial charge in [-0.15, -0.1) is 0 Å². The second-order valence-corrected chi connectivity index (χ2v) is 8.03. The van der Waals surface area contributed by atoms with Gasteiger partial charge in [0.1, 0.15) is 0 Å². The third kappa shape index (κ3) is 3.25. The van der Waals surface area contributed by atoms with E-state index in [1.54, 1.807) is 24.3 Å². The Morgan fingerprint density at radius 3 is 2.50 bits per heavy atom. The Morgan fingerprint density at radius 2 is 1.86 bits per heavy atom. The molecule has 1 amide bonds. The fraction of sp³-hybridized carbons (Fsp3) is 0.533. The van der Waals surface area contributed by atoms with Crippen LogP contribution in [0.15, 0.2) is 24.3 Å². The lowest BCUT2D eigenvalue weighted by Gasteiger charge is -2.23. The van der Waals surface area contributed by atoms with Crippen molar-refractivity contribution in [1.82, 2.24) is 5.32 Å². The molecule has 3 rings (SSSR count). The van der Waals surface area contributed by atoms with Crippen molar-refractivity contribution in [2.45, 2.75) is 19.3 Å². The topological polar surface area (TPSA) is 87.3 Å². The fourth-order valence-corrected chi connectivity index (χ4v) is 3.87. The molecule has 1 saturated carbocycles. The zero-order valence-corrected chi connectivity index (χ0v) is 13.4. The van der Waals surface area contributed by atoms with E-state index >= 15 is 0 Å². The van der Waals surface area contributed by atoms with E-state index in [1.165, 1.54) is 0 Å². The number of hydrogen-bond donors (Lipinski definition) is 3. The highest BCUT2D eigenvalue weighted by Gasteiger charge is 2.57. The van der Waals surface area contributed by atoms with E-state index in [0.717, 1.165) is 38.6 Å². The summed E-state index contributed by atoms with van der Waals surface area (Å²) in [6, 6.07) is 6.86. The fourth-order valence-electron chi connectivity index (χ4n) is 3.30. The van der Waals surface area contributed by atoms with Crippen LogP contribution >= 0.6 is 0 Å². The largest absolute Gasteiger partial charge is 0.324 e. The Hall–Kier alpha value is -1.60. The van der Waals surface area contributed by atoms with Gasteiger partial charge in [-0.05, 0) is 49.9 Å². The van der Waals surface area contributed by atoms with E-state index in [9.17, 15) is 13.2 Å². The van der Waals surface area contributed by atoms with Gasteiger partial charge < -0.3 is 10.6 Å². The molecule has 6 nitrogen and oxygen atoms in total. The van der Waals surface area contributed by atoms with E-state index in [-0.39, 0.29) is 17.2 Å². The molecule has 22 heavy (non-hydrogen) atoms. The normalized spacial score (nSPS) is 23.0. The second-order valence-electron chi connectivity index (χ2n) is 6.28. The quantitative estimate of drug-likeness (QED) is 0.781. The molecule has 1 atom stereocenters. The maximum absolute atomic E-state index is 12.5. The molecule has 1 aromatic carbocycles. The minimum Gasteiger partial charge on any atom is -0.324 e. The highest BCUT2D eigenvalue weighted by molar-refractivity contribution is 7.92. The van der Waals surface area contributed by atoms with Crippen LogP contribution in [0.1, 0.15) is 19.3 Å². The SMILES string of the molecule is CS(=O)(=O)Nc1ccccc1NC(=O)C1CC12CCNCC2. The van der Waals surface area contributed by atoms with Crippen LogP contribution in [-0.4, -0.2) is 33.7 Å². The standard InChI is InChI=1S/C15H21N3O3S/c1-22(20,21)18-13-5-3-2-4-12(13)17-14(19)11-10-15(11)6-8-16-9-7-15/h2-5,11,16,18H,6-10H2,1H3,(H,17,19). The Kier molecular flexibility index (Phi) is 3.86. The lowest BCUT2D eigenvalue weighted by atomic mass is 9.92. The molecular formula is C15H21N3O3S. The van der Waals surface area contributed by atoms with Crippen LogP contribution in [0.4, 0.5) is 11.4 Å². The number of para-hydroxylation sites is 2. The number of benzene rings is 1. The molecule has 0 aromatic heterocycles. The van der Waals surface area contributed by atoms with Crippen LogP contribution < -0.4 is 15.4 Å². The van der Waals surface area contributed by atoms with Crippen LogP contribution in [0.5, 0.6) is 0 Å². The van der Waals surface area contributed by atoms with Crippen LogP contribution in [0.2, 0.25) is 0 Å². The highest BCUT2D eigenvalue weighted by Crippen LogP contribution is 2.58. The molecule has 0 bridgehead atoms. The molecule has 1 unspecified atom stereocenters. The van der Waals surface area contributed by atoms with Crippen LogP contribution in [-0.2, 0) is 14.8 Å². The van der Waals surface area contributed by atoms with Crippen LogP contribution in [0.25, 0.3) is 0 Å². The first-order valence-corrected chi connectivity index (χ1v) is 9.37. The zero-order valence-electron chi connectivity index (χ0n) is 12.6. The molecule has 7 heteroatoms. The van der Waals surface area contributed by atoms with E-state index in [4.69, 9.17) is 0 Å². The number of anilines is 2. The summed E-state index contributed by atoms with van der Waals surface area (Å²) in [6.07, 6.45) is 4.10. The molecule has 1 aromatic rings. The molecule has 1 spiro atoms. The number of nitrogens with one attached hydrogen (secondary N) is 3. The molecule has 1 aliphatic heterocycles. The Bertz CT molecular complexity index is 681. The first kappa shape index (κ1) is 15.3. The summed E-state index contributed by atoms with van der Waals surface area (Å²) in [6.45, 7) is 1.94. The molecule has 0 radical (unpaired) electrons. The van der Waals surface area contributed by atoms with E-state index < -0.39 is 10.0 Å². The summed E-state index contributed by atoms with van der Waals surface area (Å²) in [5, 5.41) is 6.20. The van der Waals surface area contributed by atoms with Crippen molar-refractivity contribution in [3.8, 4) is 0 Å². The number of piperidine rings is 1. The van der Waals surface area contributed by atoms with Crippen molar-refractivity contribution in [1.29, 1.82) is 0 Å². The van der Waals surface area contributed by atoms with Crippen molar-refractivity contribution in [3.63, 3.8) is 0 Å². The molecule has 1 aliphatic carbocycles. The number of carbonyl (C=O) groups excluding carboxylic acids is 1. The Morgan fingerprint density at radius 1 is 1.23 bits per heavy atom. The van der Waals surface area contributed by atoms with Crippen LogP contribution in [0, 0.1) is 11.3 Å². The third-order valence-electron chi connectivity index (χ3n) is 4.59. The van der Waals surface area contributed by atoms with Gasteiger partial charge in [-0.2, -0.15) is 0 Å². The van der Waals surface area contributed by atoms with E-state index in [0.29, 0.717) is 11.4 Å². The second kappa shape index (κ2) is 5.55. The number of hydrogen-bond acceptors (Lipinski definition) is 4. The Balaban J connectivity index is 1.70. The van der Waals surface area contributed by atoms with Gasteiger partial charge in [-0.25, -0.2) is 8.42 Å². The molecule has 3 N–H and O–H groups in total. The van der Waals surface area contributed by atoms with Crippen molar-refractivity contribution >= 4 is 27.3 Å². The Labute approximate surface area is 130 Å². The smallest absolute Gasteiger partial charge is 0.229 e. The van der Waals surface area contributed by atoms with E-state index in [2.05, 4.69) is 15.4 Å². The minimum atomic E-state index is -3.38. The number of amides is 1. The number of sulfonamides is 1. The van der Waals surface area contributed by atoms with Crippen molar-refractivity contribution in [3.05, 3.63) is 24.3 Å². The van der Waals surface area contributed by atoms with Crippen molar-refractivity contribution in [2.24, 2.45) is 11.3 Å². The van der Waals surface area contributed by atoms with Crippen molar-refractivity contribution < 1.29 is 13.2 Å². The summed E-state index contributed by atoms with van der Waals surface area (Å²) in [7, 11) is -3.38. The lowest BCUT2D eigenvalue weighted by Crippen LogP contribution is -2.31. The molecular weight excluding hydrogens is 302 g/mol. The van der Waals surface area contributed by atoms with Gasteiger partial charge in [0.15, 0.2) is 0 Å². The first-order valence-electron chi connectivity index (χ1n) is 7.48. The van der Waals surface area contributed by atoms with Gasteiger partial charge in [-0.3, -0.25) is 9.52 Å². The number of carbonyl (C=O) groups is 1. The zero-order chi connectivity index (χ0) is 15.8. The monoisotopic (exact) mass is 323 g/mol. The molecule has 1 heterocycles. The third-order valence-corrected chi connectivity index (χ3v) is 5.18. The summed E-state index contributed by atoms with van der Waals surface area (Å²) >= 11 is 0. The molecule has 2 aliphatic rings. The molecule has 120 valence electrons. The van der Waals surface area contributed by atoms with E-state index in [1.807, 2.05) is 0 Å². The average molecular weight is 323 g/mol. The summed E-state index contributed by atoms with van der Waals surface area (Å²) < 4.78 is 25.2. The summed E-state index contributed by atoms with van der Waals surface area (Å²) in [5.41, 5.74) is 1.07. The van der Waals surface area contributed by atoms with Gasteiger partial charge in [0.2, 0.25) is 15.9 Å². The molecule has 2 fully saturated rings. The average Bonchev–Trinajstić information content (AvgIpc) is 3.14. The predicted molar refractivity (Wildman–Crippen MR) is 86.2 cm³/mol.